The van der Waals surface area contributed by atoms with E-state index in [-0.39, 0.29) is 11.8 Å². The van der Waals surface area contributed by atoms with Crippen molar-refractivity contribution in [2.75, 3.05) is 31.1 Å². The predicted octanol–water partition coefficient (Wildman–Crippen LogP) is 2.09. The molecule has 7 heteroatoms. The second-order valence-corrected chi connectivity index (χ2v) is 7.71. The van der Waals surface area contributed by atoms with Gasteiger partial charge in [-0.05, 0) is 52.2 Å². The summed E-state index contributed by atoms with van der Waals surface area (Å²) >= 11 is 0. The van der Waals surface area contributed by atoms with E-state index in [1.54, 1.807) is 4.90 Å². The number of amides is 2. The lowest BCUT2D eigenvalue weighted by atomic mass is 10.1. The molecule has 1 fully saturated rings. The second kappa shape index (κ2) is 9.35. The number of aryl methyl sites for hydroxylation is 2. The molecule has 0 aromatic carbocycles. The molecule has 1 N–H and O–H groups in total. The molecular formula is C20H33N5O2. The summed E-state index contributed by atoms with van der Waals surface area (Å²) in [6.07, 6.45) is 7.19. The number of nitrogens with zero attached hydrogens (tertiary/aromatic N) is 4. The summed E-state index contributed by atoms with van der Waals surface area (Å²) in [7, 11) is 0. The maximum absolute atomic E-state index is 12.8. The van der Waals surface area contributed by atoms with Crippen molar-refractivity contribution < 1.29 is 9.59 Å². The predicted molar refractivity (Wildman–Crippen MR) is 106 cm³/mol. The summed E-state index contributed by atoms with van der Waals surface area (Å²) in [6.45, 7) is 8.51. The van der Waals surface area contributed by atoms with Gasteiger partial charge in [-0.2, -0.15) is 5.10 Å². The molecule has 150 valence electrons. The van der Waals surface area contributed by atoms with E-state index < -0.39 is 6.04 Å². The van der Waals surface area contributed by atoms with Gasteiger partial charge in [0.15, 0.2) is 0 Å². The van der Waals surface area contributed by atoms with Crippen LogP contribution in [0.4, 0.5) is 5.82 Å². The first-order valence-electron chi connectivity index (χ1n) is 10.5. The Morgan fingerprint density at radius 1 is 1.22 bits per heavy atom. The summed E-state index contributed by atoms with van der Waals surface area (Å²) in [5.41, 5.74) is 0.873. The van der Waals surface area contributed by atoms with Crippen LogP contribution in [-0.2, 0) is 16.1 Å². The lowest BCUT2D eigenvalue weighted by Crippen LogP contribution is -2.52. The standard InChI is InChI=1S/C20H33N5O2/c1-3-17(25-18-15-16(2)22-24(18)14-9-19(25)26)20(27)21-10-8-13-23-11-6-4-5-7-12-23/h15,17H,3-14H2,1-2H3,(H,21,27)/t17-/m0/s1. The minimum Gasteiger partial charge on any atom is -0.354 e. The molecule has 27 heavy (non-hydrogen) atoms. The van der Waals surface area contributed by atoms with Gasteiger partial charge in [0.1, 0.15) is 11.9 Å². The summed E-state index contributed by atoms with van der Waals surface area (Å²) < 4.78 is 1.84. The maximum atomic E-state index is 12.8. The monoisotopic (exact) mass is 375 g/mol. The van der Waals surface area contributed by atoms with Crippen LogP contribution in [0.15, 0.2) is 6.07 Å². The van der Waals surface area contributed by atoms with E-state index in [9.17, 15) is 9.59 Å². The topological polar surface area (TPSA) is 70.5 Å². The zero-order valence-electron chi connectivity index (χ0n) is 16.7. The van der Waals surface area contributed by atoms with Crippen LogP contribution in [0.5, 0.6) is 0 Å². The summed E-state index contributed by atoms with van der Waals surface area (Å²) in [4.78, 5) is 29.5. The number of rotatable bonds is 7. The molecule has 0 aliphatic carbocycles. The number of likely N-dealkylation sites (tertiary alicyclic amines) is 1. The van der Waals surface area contributed by atoms with Crippen LogP contribution < -0.4 is 10.2 Å². The molecule has 1 aromatic heterocycles. The Balaban J connectivity index is 1.54. The molecule has 1 aromatic rings. The number of carbonyl (C=O) groups excluding carboxylic acids is 2. The summed E-state index contributed by atoms with van der Waals surface area (Å²) in [6, 6.07) is 1.43. The Hall–Kier alpha value is -1.89. The maximum Gasteiger partial charge on any atom is 0.243 e. The van der Waals surface area contributed by atoms with Crippen LogP contribution >= 0.6 is 0 Å². The number of carbonyl (C=O) groups is 2. The highest BCUT2D eigenvalue weighted by atomic mass is 16.2. The number of nitrogens with one attached hydrogen (secondary N) is 1. The Morgan fingerprint density at radius 3 is 2.67 bits per heavy atom. The lowest BCUT2D eigenvalue weighted by Gasteiger charge is -2.33. The van der Waals surface area contributed by atoms with E-state index >= 15 is 0 Å². The van der Waals surface area contributed by atoms with Crippen LogP contribution in [-0.4, -0.2) is 58.7 Å². The highest BCUT2D eigenvalue weighted by molar-refractivity contribution is 6.00. The van der Waals surface area contributed by atoms with Crippen molar-refractivity contribution in [1.29, 1.82) is 0 Å². The van der Waals surface area contributed by atoms with Crippen molar-refractivity contribution in [3.8, 4) is 0 Å². The van der Waals surface area contributed by atoms with E-state index in [2.05, 4.69) is 15.3 Å². The number of hydrogen-bond donors (Lipinski definition) is 1. The highest BCUT2D eigenvalue weighted by Crippen LogP contribution is 2.26. The number of fused-ring (bicyclic) bond motifs is 1. The van der Waals surface area contributed by atoms with Gasteiger partial charge < -0.3 is 10.2 Å². The Morgan fingerprint density at radius 2 is 1.96 bits per heavy atom. The zero-order chi connectivity index (χ0) is 19.2. The van der Waals surface area contributed by atoms with Gasteiger partial charge in [0.05, 0.1) is 12.2 Å². The minimum absolute atomic E-state index is 0.00830. The van der Waals surface area contributed by atoms with Crippen molar-refractivity contribution in [2.45, 2.75) is 71.4 Å². The first-order chi connectivity index (χ1) is 13.1. The minimum atomic E-state index is -0.467. The van der Waals surface area contributed by atoms with Gasteiger partial charge in [0.2, 0.25) is 11.8 Å². The number of aromatic nitrogens is 2. The Kier molecular flexibility index (Phi) is 6.88. The van der Waals surface area contributed by atoms with E-state index in [0.717, 1.165) is 24.5 Å². The average Bonchev–Trinajstić information content (AvgIpc) is 2.85. The van der Waals surface area contributed by atoms with Gasteiger partial charge in [-0.25, -0.2) is 4.68 Å². The van der Waals surface area contributed by atoms with Crippen molar-refractivity contribution in [3.05, 3.63) is 11.8 Å². The van der Waals surface area contributed by atoms with Gasteiger partial charge in [0.25, 0.3) is 0 Å². The molecule has 0 saturated carbocycles. The SMILES string of the molecule is CC[C@@H](C(=O)NCCCN1CCCCCC1)N1C(=O)CCn2nc(C)cc21. The van der Waals surface area contributed by atoms with Gasteiger partial charge in [-0.3, -0.25) is 14.5 Å². The molecule has 0 radical (unpaired) electrons. The van der Waals surface area contributed by atoms with Crippen molar-refractivity contribution in [2.24, 2.45) is 0 Å². The van der Waals surface area contributed by atoms with Gasteiger partial charge in [-0.1, -0.05) is 19.8 Å². The number of anilines is 1. The summed E-state index contributed by atoms with van der Waals surface area (Å²) in [5, 5.41) is 7.49. The molecule has 3 rings (SSSR count). The average molecular weight is 376 g/mol. The molecule has 1 atom stereocenters. The van der Waals surface area contributed by atoms with Crippen LogP contribution in [0.1, 0.15) is 57.6 Å². The van der Waals surface area contributed by atoms with E-state index in [1.807, 2.05) is 24.6 Å². The van der Waals surface area contributed by atoms with E-state index in [0.29, 0.717) is 25.9 Å². The molecular weight excluding hydrogens is 342 g/mol. The third-order valence-electron chi connectivity index (χ3n) is 5.58. The lowest BCUT2D eigenvalue weighted by molar-refractivity contribution is -0.127. The van der Waals surface area contributed by atoms with E-state index in [4.69, 9.17) is 0 Å². The van der Waals surface area contributed by atoms with Gasteiger partial charge in [-0.15, -0.1) is 0 Å². The third-order valence-corrected chi connectivity index (χ3v) is 5.58. The van der Waals surface area contributed by atoms with Crippen molar-refractivity contribution >= 4 is 17.6 Å². The van der Waals surface area contributed by atoms with Crippen LogP contribution in [0.25, 0.3) is 0 Å². The van der Waals surface area contributed by atoms with Crippen LogP contribution in [0, 0.1) is 6.92 Å². The molecule has 2 aliphatic rings. The van der Waals surface area contributed by atoms with Crippen LogP contribution in [0.3, 0.4) is 0 Å². The summed E-state index contributed by atoms with van der Waals surface area (Å²) in [5.74, 6) is 0.693. The van der Waals surface area contributed by atoms with E-state index in [1.165, 1.54) is 38.8 Å². The van der Waals surface area contributed by atoms with Gasteiger partial charge >= 0.3 is 0 Å². The second-order valence-electron chi connectivity index (χ2n) is 7.71. The molecule has 3 heterocycles. The third kappa shape index (κ3) is 4.89. The Labute approximate surface area is 162 Å². The normalized spacial score (nSPS) is 19.5. The van der Waals surface area contributed by atoms with Crippen LogP contribution in [0.2, 0.25) is 0 Å². The molecule has 2 aliphatic heterocycles. The fraction of sp³-hybridized carbons (Fsp3) is 0.750. The van der Waals surface area contributed by atoms with Crippen molar-refractivity contribution in [3.63, 3.8) is 0 Å². The zero-order valence-corrected chi connectivity index (χ0v) is 16.7. The molecule has 7 nitrogen and oxygen atoms in total. The fourth-order valence-electron chi connectivity index (χ4n) is 4.15. The quantitative estimate of drug-likeness (QED) is 0.741. The molecule has 0 bridgehead atoms. The first kappa shape index (κ1) is 19.9. The van der Waals surface area contributed by atoms with Crippen molar-refractivity contribution in [1.82, 2.24) is 20.0 Å². The highest BCUT2D eigenvalue weighted by Gasteiger charge is 2.34. The van der Waals surface area contributed by atoms with Gasteiger partial charge in [0, 0.05) is 19.0 Å². The smallest absolute Gasteiger partial charge is 0.243 e. The molecule has 0 unspecified atom stereocenters. The molecule has 2 amide bonds. The Bertz CT molecular complexity index is 649. The largest absolute Gasteiger partial charge is 0.354 e. The fourth-order valence-corrected chi connectivity index (χ4v) is 4.15. The molecule has 1 saturated heterocycles. The number of hydrogen-bond acceptors (Lipinski definition) is 4. The first-order valence-corrected chi connectivity index (χ1v) is 10.5. The molecule has 0 spiro atoms.